The Morgan fingerprint density at radius 3 is 3.10 bits per heavy atom. The molecule has 1 atom stereocenters. The number of likely N-dealkylation sites (tertiary alicyclic amines) is 1. The molecule has 1 amide bonds. The van der Waals surface area contributed by atoms with Crippen molar-refractivity contribution >= 4 is 11.6 Å². The van der Waals surface area contributed by atoms with Crippen molar-refractivity contribution in [1.29, 1.82) is 0 Å². The van der Waals surface area contributed by atoms with Crippen LogP contribution in [0.5, 0.6) is 0 Å². The second kappa shape index (κ2) is 5.27. The van der Waals surface area contributed by atoms with Crippen LogP contribution in [0.4, 0.5) is 0 Å². The summed E-state index contributed by atoms with van der Waals surface area (Å²) in [5.74, 6) is 0.681. The Hall–Kier alpha value is -1.84. The number of carbonyl (C=O) groups excluding carboxylic acids is 1. The van der Waals surface area contributed by atoms with E-state index in [0.717, 1.165) is 37.3 Å². The molecule has 1 aliphatic rings. The molecule has 4 nitrogen and oxygen atoms in total. The van der Waals surface area contributed by atoms with Crippen LogP contribution in [0.25, 0.3) is 5.65 Å². The second-order valence-electron chi connectivity index (χ2n) is 5.59. The zero-order chi connectivity index (χ0) is 14.1. The molecule has 1 aliphatic heterocycles. The van der Waals surface area contributed by atoms with E-state index < -0.39 is 0 Å². The number of rotatable bonds is 2. The first kappa shape index (κ1) is 13.2. The van der Waals surface area contributed by atoms with Gasteiger partial charge >= 0.3 is 0 Å². The molecule has 2 aromatic heterocycles. The molecule has 0 unspecified atom stereocenters. The molecular formula is C16H21N3O. The fourth-order valence-corrected chi connectivity index (χ4v) is 3.16. The molecule has 0 saturated carbocycles. The van der Waals surface area contributed by atoms with Gasteiger partial charge in [-0.1, -0.05) is 13.0 Å². The Bertz CT molecular complexity index is 632. The summed E-state index contributed by atoms with van der Waals surface area (Å²) in [5.41, 5.74) is 3.31. The van der Waals surface area contributed by atoms with Crippen molar-refractivity contribution in [3.63, 3.8) is 0 Å². The summed E-state index contributed by atoms with van der Waals surface area (Å²) in [7, 11) is 0. The smallest absolute Gasteiger partial charge is 0.222 e. The van der Waals surface area contributed by atoms with E-state index in [1.807, 2.05) is 24.8 Å². The first-order valence-corrected chi connectivity index (χ1v) is 7.41. The van der Waals surface area contributed by atoms with Crippen LogP contribution in [0, 0.1) is 6.92 Å². The molecule has 0 aliphatic carbocycles. The number of amides is 1. The Balaban J connectivity index is 1.92. The van der Waals surface area contributed by atoms with Crippen molar-refractivity contribution in [2.75, 3.05) is 13.1 Å². The number of hydrogen-bond donors (Lipinski definition) is 0. The van der Waals surface area contributed by atoms with Gasteiger partial charge in [0.25, 0.3) is 0 Å². The molecule has 3 rings (SSSR count). The minimum Gasteiger partial charge on any atom is -0.342 e. The highest BCUT2D eigenvalue weighted by atomic mass is 16.2. The van der Waals surface area contributed by atoms with E-state index >= 15 is 0 Å². The molecule has 0 spiro atoms. The van der Waals surface area contributed by atoms with Gasteiger partial charge in [-0.05, 0) is 31.9 Å². The Morgan fingerprint density at radius 2 is 2.30 bits per heavy atom. The van der Waals surface area contributed by atoms with Crippen LogP contribution >= 0.6 is 0 Å². The first-order valence-electron chi connectivity index (χ1n) is 7.41. The SMILES string of the molecule is CCC(=O)N1CCC[C@H](c2cccc3nc(C)cn23)C1. The molecule has 0 radical (unpaired) electrons. The third kappa shape index (κ3) is 2.30. The van der Waals surface area contributed by atoms with Crippen molar-refractivity contribution in [2.45, 2.75) is 39.0 Å². The Kier molecular flexibility index (Phi) is 3.47. The van der Waals surface area contributed by atoms with Crippen LogP contribution in [-0.2, 0) is 4.79 Å². The van der Waals surface area contributed by atoms with Gasteiger partial charge in [-0.15, -0.1) is 0 Å². The molecule has 0 N–H and O–H groups in total. The van der Waals surface area contributed by atoms with Crippen LogP contribution in [0.2, 0.25) is 0 Å². The average Bonchev–Trinajstić information content (AvgIpc) is 2.86. The maximum absolute atomic E-state index is 11.9. The normalized spacial score (nSPS) is 19.5. The maximum atomic E-state index is 11.9. The molecule has 1 fully saturated rings. The number of aryl methyl sites for hydroxylation is 1. The molecule has 0 aromatic carbocycles. The van der Waals surface area contributed by atoms with Crippen LogP contribution in [0.15, 0.2) is 24.4 Å². The maximum Gasteiger partial charge on any atom is 0.222 e. The highest BCUT2D eigenvalue weighted by molar-refractivity contribution is 5.76. The van der Waals surface area contributed by atoms with Crippen LogP contribution in [-0.4, -0.2) is 33.3 Å². The summed E-state index contributed by atoms with van der Waals surface area (Å²) >= 11 is 0. The second-order valence-corrected chi connectivity index (χ2v) is 5.59. The van der Waals surface area contributed by atoms with Crippen molar-refractivity contribution < 1.29 is 4.79 Å². The Labute approximate surface area is 119 Å². The summed E-state index contributed by atoms with van der Waals surface area (Å²) in [6.45, 7) is 5.70. The van der Waals surface area contributed by atoms with Crippen molar-refractivity contribution in [3.8, 4) is 0 Å². The first-order chi connectivity index (χ1) is 9.69. The van der Waals surface area contributed by atoms with Gasteiger partial charge in [0.1, 0.15) is 5.65 Å². The van der Waals surface area contributed by atoms with E-state index in [4.69, 9.17) is 0 Å². The predicted molar refractivity (Wildman–Crippen MR) is 78.8 cm³/mol. The van der Waals surface area contributed by atoms with Gasteiger partial charge < -0.3 is 9.30 Å². The van der Waals surface area contributed by atoms with Gasteiger partial charge in [0, 0.05) is 37.3 Å². The summed E-state index contributed by atoms with van der Waals surface area (Å²) in [4.78, 5) is 18.5. The van der Waals surface area contributed by atoms with Crippen molar-refractivity contribution in [2.24, 2.45) is 0 Å². The third-order valence-corrected chi connectivity index (χ3v) is 4.14. The fourth-order valence-electron chi connectivity index (χ4n) is 3.16. The van der Waals surface area contributed by atoms with Crippen LogP contribution in [0.1, 0.15) is 43.5 Å². The van der Waals surface area contributed by atoms with Crippen LogP contribution in [0.3, 0.4) is 0 Å². The number of imidazole rings is 1. The van der Waals surface area contributed by atoms with Crippen molar-refractivity contribution in [3.05, 3.63) is 35.8 Å². The molecule has 3 heterocycles. The monoisotopic (exact) mass is 271 g/mol. The van der Waals surface area contributed by atoms with Gasteiger partial charge in [0.2, 0.25) is 5.91 Å². The van der Waals surface area contributed by atoms with E-state index in [1.54, 1.807) is 0 Å². The lowest BCUT2D eigenvalue weighted by molar-refractivity contribution is -0.132. The quantitative estimate of drug-likeness (QED) is 0.842. The highest BCUT2D eigenvalue weighted by Gasteiger charge is 2.25. The lowest BCUT2D eigenvalue weighted by atomic mass is 9.94. The molecule has 2 aromatic rings. The van der Waals surface area contributed by atoms with Gasteiger partial charge in [0.05, 0.1) is 5.69 Å². The number of hydrogen-bond acceptors (Lipinski definition) is 2. The zero-order valence-electron chi connectivity index (χ0n) is 12.2. The number of aromatic nitrogens is 2. The zero-order valence-corrected chi connectivity index (χ0v) is 12.2. The Morgan fingerprint density at radius 1 is 1.45 bits per heavy atom. The van der Waals surface area contributed by atoms with Crippen LogP contribution < -0.4 is 0 Å². The molecular weight excluding hydrogens is 250 g/mol. The minimum atomic E-state index is 0.267. The van der Waals surface area contributed by atoms with Gasteiger partial charge in [-0.25, -0.2) is 4.98 Å². The van der Waals surface area contributed by atoms with Crippen molar-refractivity contribution in [1.82, 2.24) is 14.3 Å². The van der Waals surface area contributed by atoms with E-state index in [9.17, 15) is 4.79 Å². The fraction of sp³-hybridized carbons (Fsp3) is 0.500. The van der Waals surface area contributed by atoms with E-state index in [0.29, 0.717) is 12.3 Å². The third-order valence-electron chi connectivity index (χ3n) is 4.14. The van der Waals surface area contributed by atoms with Gasteiger partial charge in [-0.3, -0.25) is 4.79 Å². The largest absolute Gasteiger partial charge is 0.342 e. The molecule has 4 heteroatoms. The minimum absolute atomic E-state index is 0.267. The van der Waals surface area contributed by atoms with Gasteiger partial charge in [0.15, 0.2) is 0 Å². The molecule has 20 heavy (non-hydrogen) atoms. The number of piperidine rings is 1. The van der Waals surface area contributed by atoms with Gasteiger partial charge in [-0.2, -0.15) is 0 Å². The lowest BCUT2D eigenvalue weighted by Gasteiger charge is -2.33. The number of nitrogens with zero attached hydrogens (tertiary/aromatic N) is 3. The number of fused-ring (bicyclic) bond motifs is 1. The summed E-state index contributed by atoms with van der Waals surface area (Å²) in [5, 5.41) is 0. The predicted octanol–water partition coefficient (Wildman–Crippen LogP) is 2.76. The number of pyridine rings is 1. The highest BCUT2D eigenvalue weighted by Crippen LogP contribution is 2.28. The van der Waals surface area contributed by atoms with E-state index in [-0.39, 0.29) is 5.91 Å². The topological polar surface area (TPSA) is 37.6 Å². The average molecular weight is 271 g/mol. The van der Waals surface area contributed by atoms with E-state index in [2.05, 4.69) is 27.7 Å². The summed E-state index contributed by atoms with van der Waals surface area (Å²) in [6.07, 6.45) is 4.91. The molecule has 0 bridgehead atoms. The molecule has 1 saturated heterocycles. The van der Waals surface area contributed by atoms with E-state index in [1.165, 1.54) is 5.69 Å². The lowest BCUT2D eigenvalue weighted by Crippen LogP contribution is -2.39. The summed E-state index contributed by atoms with van der Waals surface area (Å²) < 4.78 is 2.18. The standard InChI is InChI=1S/C16H21N3O/c1-3-16(20)18-9-5-6-13(11-18)14-7-4-8-15-17-12(2)10-19(14)15/h4,7-8,10,13H,3,5-6,9,11H2,1-2H3/t13-/m0/s1. The summed E-state index contributed by atoms with van der Waals surface area (Å²) in [6, 6.07) is 6.27. The molecule has 106 valence electrons. The number of carbonyl (C=O) groups is 1.